The van der Waals surface area contributed by atoms with Gasteiger partial charge in [-0.25, -0.2) is 0 Å². The minimum Gasteiger partial charge on any atom is -0.300 e. The Kier molecular flexibility index (Phi) is 15.9. The van der Waals surface area contributed by atoms with Crippen molar-refractivity contribution in [3.63, 3.8) is 0 Å². The Morgan fingerprint density at radius 3 is 2.28 bits per heavy atom. The summed E-state index contributed by atoms with van der Waals surface area (Å²) in [6.07, 6.45) is 15.4. The smallest absolute Gasteiger partial charge is 0.133 e. The molecule has 0 saturated heterocycles. The summed E-state index contributed by atoms with van der Waals surface area (Å²) >= 11 is 0. The molecule has 0 aromatic carbocycles. The Hall–Kier alpha value is -0.590. The van der Waals surface area contributed by atoms with Gasteiger partial charge in [-0.15, -0.1) is 0 Å². The third-order valence-corrected chi connectivity index (χ3v) is 3.34. The van der Waals surface area contributed by atoms with Gasteiger partial charge in [-0.3, -0.25) is 4.79 Å². The summed E-state index contributed by atoms with van der Waals surface area (Å²) in [6.45, 7) is 6.26. The van der Waals surface area contributed by atoms with E-state index in [1.54, 1.807) is 6.92 Å². The maximum atomic E-state index is 10.7. The zero-order chi connectivity index (χ0) is 12.9. The third kappa shape index (κ3) is 15.4. The van der Waals surface area contributed by atoms with Gasteiger partial charge in [0, 0.05) is 6.42 Å². The average molecular weight is 254 g/mol. The van der Waals surface area contributed by atoms with Crippen molar-refractivity contribution in [2.24, 2.45) is 5.92 Å². The predicted molar refractivity (Wildman–Crippen MR) is 82.9 cm³/mol. The van der Waals surface area contributed by atoms with Gasteiger partial charge in [-0.2, -0.15) is 0 Å². The van der Waals surface area contributed by atoms with Crippen LogP contribution in [-0.4, -0.2) is 5.78 Å². The molecular formula is C17H34O. The van der Waals surface area contributed by atoms with Crippen molar-refractivity contribution in [3.05, 3.63) is 12.2 Å². The Morgan fingerprint density at radius 1 is 1.06 bits per heavy atom. The van der Waals surface area contributed by atoms with Crippen molar-refractivity contribution in [2.45, 2.75) is 86.0 Å². The second-order valence-corrected chi connectivity index (χ2v) is 5.24. The van der Waals surface area contributed by atoms with Crippen LogP contribution in [0.4, 0.5) is 0 Å². The Balaban J connectivity index is 0. The van der Waals surface area contributed by atoms with Crippen LogP contribution >= 0.6 is 0 Å². The van der Waals surface area contributed by atoms with E-state index in [2.05, 4.69) is 19.9 Å². The largest absolute Gasteiger partial charge is 0.300 e. The molecule has 1 nitrogen and oxygen atoms in total. The number of unbranched alkanes of at least 4 members (excludes halogenated alkanes) is 5. The minimum absolute atomic E-state index is 0. The van der Waals surface area contributed by atoms with Crippen molar-refractivity contribution >= 4 is 5.78 Å². The van der Waals surface area contributed by atoms with E-state index in [-0.39, 0.29) is 13.2 Å². The molecule has 0 aromatic heterocycles. The first-order valence-corrected chi connectivity index (χ1v) is 7.31. The Labute approximate surface area is 115 Å². The molecule has 0 fully saturated rings. The van der Waals surface area contributed by atoms with Gasteiger partial charge >= 0.3 is 0 Å². The molecule has 108 valence electrons. The van der Waals surface area contributed by atoms with E-state index in [0.717, 1.165) is 12.3 Å². The molecule has 0 aliphatic heterocycles. The quantitative estimate of drug-likeness (QED) is 0.329. The first-order chi connectivity index (χ1) is 8.16. The molecule has 0 amide bonds. The molecule has 0 aliphatic carbocycles. The van der Waals surface area contributed by atoms with E-state index in [1.807, 2.05) is 6.08 Å². The van der Waals surface area contributed by atoms with Gasteiger partial charge in [0.15, 0.2) is 0 Å². The van der Waals surface area contributed by atoms with Crippen LogP contribution in [0, 0.1) is 5.92 Å². The van der Waals surface area contributed by atoms with Crippen molar-refractivity contribution in [1.82, 2.24) is 0 Å². The number of allylic oxidation sites excluding steroid dienone is 2. The lowest BCUT2D eigenvalue weighted by Gasteiger charge is -2.07. The molecule has 1 atom stereocenters. The van der Waals surface area contributed by atoms with Crippen LogP contribution < -0.4 is 0 Å². The third-order valence-electron chi connectivity index (χ3n) is 3.34. The zero-order valence-corrected chi connectivity index (χ0v) is 12.0. The van der Waals surface area contributed by atoms with Crippen LogP contribution in [0.1, 0.15) is 86.0 Å². The molecular weight excluding hydrogens is 220 g/mol. The van der Waals surface area contributed by atoms with E-state index in [1.165, 1.54) is 44.9 Å². The fraction of sp³-hybridized carbons (Fsp3) is 0.824. The molecule has 0 saturated carbocycles. The fourth-order valence-corrected chi connectivity index (χ4v) is 1.86. The number of rotatable bonds is 11. The maximum absolute atomic E-state index is 10.7. The number of hydrogen-bond acceptors (Lipinski definition) is 1. The topological polar surface area (TPSA) is 17.1 Å². The highest BCUT2D eigenvalue weighted by Crippen LogP contribution is 2.14. The van der Waals surface area contributed by atoms with Crippen LogP contribution in [0.3, 0.4) is 0 Å². The molecule has 0 radical (unpaired) electrons. The highest BCUT2D eigenvalue weighted by molar-refractivity contribution is 5.76. The zero-order valence-electron chi connectivity index (χ0n) is 12.0. The molecule has 18 heavy (non-hydrogen) atoms. The normalized spacial score (nSPS) is 12.4. The fourth-order valence-electron chi connectivity index (χ4n) is 1.86. The van der Waals surface area contributed by atoms with Crippen LogP contribution in [0.2, 0.25) is 0 Å². The summed E-state index contributed by atoms with van der Waals surface area (Å²) in [5.74, 6) is 1.16. The van der Waals surface area contributed by atoms with Gasteiger partial charge in [0.25, 0.3) is 0 Å². The Bertz CT molecular complexity index is 206. The number of hydrogen-bond donors (Lipinski definition) is 0. The van der Waals surface area contributed by atoms with Gasteiger partial charge < -0.3 is 0 Å². The SMILES string of the molecule is C.CCC(C)CCCCCCC/C=C\CC(C)=O. The van der Waals surface area contributed by atoms with E-state index < -0.39 is 0 Å². The molecule has 0 bridgehead atoms. The average Bonchev–Trinajstić information content (AvgIpc) is 2.30. The Morgan fingerprint density at radius 2 is 1.67 bits per heavy atom. The van der Waals surface area contributed by atoms with E-state index in [0.29, 0.717) is 6.42 Å². The molecule has 0 rings (SSSR count). The lowest BCUT2D eigenvalue weighted by Crippen LogP contribution is -1.91. The highest BCUT2D eigenvalue weighted by atomic mass is 16.1. The van der Waals surface area contributed by atoms with Gasteiger partial charge in [0.05, 0.1) is 0 Å². The summed E-state index contributed by atoms with van der Waals surface area (Å²) in [5.41, 5.74) is 0. The lowest BCUT2D eigenvalue weighted by atomic mass is 10.00. The summed E-state index contributed by atoms with van der Waals surface area (Å²) < 4.78 is 0. The van der Waals surface area contributed by atoms with Crippen molar-refractivity contribution in [1.29, 1.82) is 0 Å². The van der Waals surface area contributed by atoms with Crippen LogP contribution in [0.5, 0.6) is 0 Å². The number of carbonyl (C=O) groups is 1. The molecule has 1 heteroatoms. The molecule has 0 N–H and O–H groups in total. The summed E-state index contributed by atoms with van der Waals surface area (Å²) in [4.78, 5) is 10.7. The monoisotopic (exact) mass is 254 g/mol. The molecule has 0 aromatic rings. The van der Waals surface area contributed by atoms with Crippen molar-refractivity contribution < 1.29 is 4.79 Å². The summed E-state index contributed by atoms with van der Waals surface area (Å²) in [6, 6.07) is 0. The second-order valence-electron chi connectivity index (χ2n) is 5.24. The molecule has 0 aliphatic rings. The van der Waals surface area contributed by atoms with Gasteiger partial charge in [0.1, 0.15) is 5.78 Å². The van der Waals surface area contributed by atoms with Crippen LogP contribution in [0.25, 0.3) is 0 Å². The van der Waals surface area contributed by atoms with Gasteiger partial charge in [-0.05, 0) is 25.7 Å². The van der Waals surface area contributed by atoms with Crippen molar-refractivity contribution in [2.75, 3.05) is 0 Å². The van der Waals surface area contributed by atoms with E-state index in [4.69, 9.17) is 0 Å². The first kappa shape index (κ1) is 19.7. The number of ketones is 1. The number of Topliss-reactive ketones (excluding diaryl/α,β-unsaturated/α-hetero) is 1. The summed E-state index contributed by atoms with van der Waals surface area (Å²) in [5, 5.41) is 0. The van der Waals surface area contributed by atoms with E-state index in [9.17, 15) is 4.79 Å². The van der Waals surface area contributed by atoms with Gasteiger partial charge in [0.2, 0.25) is 0 Å². The predicted octanol–water partition coefficient (Wildman–Crippen LogP) is 5.93. The van der Waals surface area contributed by atoms with Gasteiger partial charge in [-0.1, -0.05) is 72.0 Å². The molecule has 0 spiro atoms. The standard InChI is InChI=1S/C16H30O.CH4/c1-4-15(2)13-11-9-7-5-6-8-10-12-14-16(3)17;/h10,12,15H,4-9,11,13-14H2,1-3H3;1H4/b12-10-;. The number of carbonyl (C=O) groups excluding carboxylic acids is 1. The van der Waals surface area contributed by atoms with Crippen LogP contribution in [0.15, 0.2) is 12.2 Å². The van der Waals surface area contributed by atoms with Crippen LogP contribution in [-0.2, 0) is 4.79 Å². The maximum Gasteiger partial charge on any atom is 0.133 e. The lowest BCUT2D eigenvalue weighted by molar-refractivity contribution is -0.116. The molecule has 1 unspecified atom stereocenters. The summed E-state index contributed by atoms with van der Waals surface area (Å²) in [7, 11) is 0. The highest BCUT2D eigenvalue weighted by Gasteiger charge is 1.97. The second kappa shape index (κ2) is 14.5. The minimum atomic E-state index is 0. The first-order valence-electron chi connectivity index (χ1n) is 7.31. The van der Waals surface area contributed by atoms with E-state index >= 15 is 0 Å². The molecule has 0 heterocycles. The van der Waals surface area contributed by atoms with Crippen molar-refractivity contribution in [3.8, 4) is 0 Å².